The van der Waals surface area contributed by atoms with Crippen molar-refractivity contribution in [3.05, 3.63) is 11.6 Å². The second-order valence-electron chi connectivity index (χ2n) is 11.8. The Morgan fingerprint density at radius 3 is 2.69 bits per heavy atom. The molecule has 0 radical (unpaired) electrons. The van der Waals surface area contributed by atoms with Gasteiger partial charge in [-0.2, -0.15) is 0 Å². The molecular formula is C29H46O3. The van der Waals surface area contributed by atoms with Crippen molar-refractivity contribution in [3.63, 3.8) is 0 Å². The molecule has 0 heterocycles. The second kappa shape index (κ2) is 8.91. The molecule has 8 atom stereocenters. The summed E-state index contributed by atoms with van der Waals surface area (Å²) >= 11 is 0. The van der Waals surface area contributed by atoms with Crippen LogP contribution in [0.2, 0.25) is 0 Å². The number of carbonyl (C=O) groups is 2. The van der Waals surface area contributed by atoms with Gasteiger partial charge in [-0.3, -0.25) is 9.59 Å². The standard InChI is InChI=1S/C29H46O3/c1-18(2)8-7-9-19(3)23-10-11-24-27-25(13-15-29(23,24)6)28(5)14-12-22(32-20(4)30)16-21(28)17-26(27)31/h17-19,22-25,27H,7-16H2,1-6H3/t19-,22-,23?,24+,25+,27+,28+,29-/m1/s1/i1D3,2D3,18D. The van der Waals surface area contributed by atoms with Crippen LogP contribution in [0.4, 0.5) is 0 Å². The van der Waals surface area contributed by atoms with E-state index in [1.807, 2.05) is 6.08 Å². The molecule has 3 fully saturated rings. The SMILES string of the molecule is [2H]C([2H])([2H])C([2H])(CCC[C@@H](C)C1CC[C@H]2[C@@H]3C(=O)C=C4C[C@H](OC(C)=O)CC[C@]4(C)[C@H]3CC[C@]12C)C([2H])([2H])[2H]. The molecule has 0 aliphatic heterocycles. The van der Waals surface area contributed by atoms with E-state index < -0.39 is 19.6 Å². The molecule has 0 bridgehead atoms. The first-order valence-electron chi connectivity index (χ1n) is 16.3. The highest BCUT2D eigenvalue weighted by Crippen LogP contribution is 2.66. The van der Waals surface area contributed by atoms with Gasteiger partial charge in [-0.25, -0.2) is 0 Å². The molecular weight excluding hydrogens is 396 g/mol. The molecule has 4 aliphatic carbocycles. The summed E-state index contributed by atoms with van der Waals surface area (Å²) in [6.45, 7) is 2.53. The highest BCUT2D eigenvalue weighted by molar-refractivity contribution is 5.94. The Labute approximate surface area is 206 Å². The molecule has 180 valence electrons. The highest BCUT2D eigenvalue weighted by atomic mass is 16.5. The predicted molar refractivity (Wildman–Crippen MR) is 129 cm³/mol. The fourth-order valence-electron chi connectivity index (χ4n) is 8.48. The lowest BCUT2D eigenvalue weighted by molar-refractivity contribution is -0.149. The van der Waals surface area contributed by atoms with Crippen LogP contribution in [-0.2, 0) is 14.3 Å². The van der Waals surface area contributed by atoms with Crippen LogP contribution in [0.3, 0.4) is 0 Å². The minimum absolute atomic E-state index is 0.00647. The number of ketones is 1. The molecule has 0 aromatic carbocycles. The maximum atomic E-state index is 13.7. The summed E-state index contributed by atoms with van der Waals surface area (Å²) in [6, 6.07) is 0. The van der Waals surface area contributed by atoms with Gasteiger partial charge in [0, 0.05) is 28.9 Å². The van der Waals surface area contributed by atoms with Crippen molar-refractivity contribution < 1.29 is 23.9 Å². The molecule has 0 amide bonds. The van der Waals surface area contributed by atoms with Crippen LogP contribution < -0.4 is 0 Å². The highest BCUT2D eigenvalue weighted by Gasteiger charge is 2.61. The first kappa shape index (κ1) is 16.5. The molecule has 3 saturated carbocycles. The van der Waals surface area contributed by atoms with Gasteiger partial charge in [-0.05, 0) is 85.0 Å². The first-order valence-corrected chi connectivity index (χ1v) is 12.8. The zero-order valence-electron chi connectivity index (χ0n) is 27.3. The predicted octanol–water partition coefficient (Wildman–Crippen LogP) is 7.14. The van der Waals surface area contributed by atoms with Crippen molar-refractivity contribution in [1.29, 1.82) is 0 Å². The summed E-state index contributed by atoms with van der Waals surface area (Å²) in [6.07, 6.45) is 9.09. The van der Waals surface area contributed by atoms with E-state index in [4.69, 9.17) is 14.3 Å². The smallest absolute Gasteiger partial charge is 0.302 e. The van der Waals surface area contributed by atoms with Crippen molar-refractivity contribution in [1.82, 2.24) is 0 Å². The van der Waals surface area contributed by atoms with Gasteiger partial charge >= 0.3 is 5.97 Å². The van der Waals surface area contributed by atoms with E-state index in [-0.39, 0.29) is 46.9 Å². The van der Waals surface area contributed by atoms with Gasteiger partial charge in [-0.1, -0.05) is 59.3 Å². The first-order chi connectivity index (χ1) is 17.8. The van der Waals surface area contributed by atoms with Crippen molar-refractivity contribution in [2.24, 2.45) is 46.3 Å². The van der Waals surface area contributed by atoms with E-state index >= 15 is 0 Å². The van der Waals surface area contributed by atoms with Crippen LogP contribution >= 0.6 is 0 Å². The molecule has 0 spiro atoms. The largest absolute Gasteiger partial charge is 0.462 e. The monoisotopic (exact) mass is 449 g/mol. The van der Waals surface area contributed by atoms with Crippen LogP contribution in [0.15, 0.2) is 11.6 Å². The third-order valence-corrected chi connectivity index (χ3v) is 10.1. The Kier molecular flexibility index (Phi) is 4.59. The van der Waals surface area contributed by atoms with Gasteiger partial charge < -0.3 is 4.74 Å². The molecule has 3 nitrogen and oxygen atoms in total. The lowest BCUT2D eigenvalue weighted by Gasteiger charge is -2.57. The summed E-state index contributed by atoms with van der Waals surface area (Å²) in [5, 5.41) is 0. The number of hydrogen-bond acceptors (Lipinski definition) is 3. The Morgan fingerprint density at radius 2 is 1.97 bits per heavy atom. The molecule has 4 aliphatic rings. The van der Waals surface area contributed by atoms with Crippen molar-refractivity contribution >= 4 is 11.8 Å². The van der Waals surface area contributed by atoms with Crippen LogP contribution in [0, 0.1) is 46.3 Å². The van der Waals surface area contributed by atoms with Gasteiger partial charge in [0.2, 0.25) is 0 Å². The van der Waals surface area contributed by atoms with Crippen molar-refractivity contribution in [2.45, 2.75) is 112 Å². The van der Waals surface area contributed by atoms with Gasteiger partial charge in [0.15, 0.2) is 5.78 Å². The van der Waals surface area contributed by atoms with E-state index in [1.54, 1.807) is 0 Å². The van der Waals surface area contributed by atoms with Crippen molar-refractivity contribution in [3.8, 4) is 0 Å². The minimum atomic E-state index is -2.87. The third kappa shape index (κ3) is 4.11. The zero-order valence-corrected chi connectivity index (χ0v) is 20.3. The lowest BCUT2D eigenvalue weighted by Crippen LogP contribution is -2.53. The van der Waals surface area contributed by atoms with E-state index in [2.05, 4.69) is 20.8 Å². The third-order valence-electron chi connectivity index (χ3n) is 10.1. The van der Waals surface area contributed by atoms with E-state index in [9.17, 15) is 9.59 Å². The molecule has 4 rings (SSSR count). The van der Waals surface area contributed by atoms with Crippen LogP contribution in [-0.4, -0.2) is 17.9 Å². The topological polar surface area (TPSA) is 43.4 Å². The normalized spacial score (nSPS) is 46.4. The summed E-state index contributed by atoms with van der Waals surface area (Å²) in [7, 11) is 0. The number of rotatable bonds is 6. The second-order valence-corrected chi connectivity index (χ2v) is 11.8. The summed E-state index contributed by atoms with van der Waals surface area (Å²) < 4.78 is 60.0. The Hall–Kier alpha value is -1.12. The number of carbonyl (C=O) groups excluding carboxylic acids is 2. The van der Waals surface area contributed by atoms with Crippen LogP contribution in [0.1, 0.15) is 115 Å². The Bertz CT molecular complexity index is 988. The zero-order chi connectivity index (χ0) is 29.2. The van der Waals surface area contributed by atoms with Crippen molar-refractivity contribution in [2.75, 3.05) is 0 Å². The fourth-order valence-corrected chi connectivity index (χ4v) is 8.48. The maximum Gasteiger partial charge on any atom is 0.302 e. The number of esters is 1. The lowest BCUT2D eigenvalue weighted by atomic mass is 9.46. The molecule has 1 unspecified atom stereocenters. The number of allylic oxidation sites excluding steroid dienone is 1. The quantitative estimate of drug-likeness (QED) is 0.405. The molecule has 0 N–H and O–H groups in total. The van der Waals surface area contributed by atoms with Gasteiger partial charge in [0.25, 0.3) is 0 Å². The van der Waals surface area contributed by atoms with Crippen LogP contribution in [0.25, 0.3) is 0 Å². The van der Waals surface area contributed by atoms with Gasteiger partial charge in [-0.15, -0.1) is 0 Å². The van der Waals surface area contributed by atoms with Crippen LogP contribution in [0.5, 0.6) is 0 Å². The van der Waals surface area contributed by atoms with Gasteiger partial charge in [0.1, 0.15) is 6.10 Å². The van der Waals surface area contributed by atoms with E-state index in [1.165, 1.54) is 6.92 Å². The average Bonchev–Trinajstić information content (AvgIpc) is 3.15. The maximum absolute atomic E-state index is 13.7. The van der Waals surface area contributed by atoms with Gasteiger partial charge in [0.05, 0.1) is 0 Å². The number of fused-ring (bicyclic) bond motifs is 5. The molecule has 32 heavy (non-hydrogen) atoms. The molecule has 3 heteroatoms. The number of ether oxygens (including phenoxy) is 1. The average molecular weight is 450 g/mol. The van der Waals surface area contributed by atoms with E-state index in [0.717, 1.165) is 44.1 Å². The van der Waals surface area contributed by atoms with E-state index in [0.29, 0.717) is 37.0 Å². The molecule has 0 aromatic rings. The Balaban J connectivity index is 1.47. The number of hydrogen-bond donors (Lipinski definition) is 0. The fraction of sp³-hybridized carbons (Fsp3) is 0.862. The molecule has 0 saturated heterocycles. The Morgan fingerprint density at radius 1 is 1.19 bits per heavy atom. The molecule has 0 aromatic heterocycles. The summed E-state index contributed by atoms with van der Waals surface area (Å²) in [5.74, 6) is -1.24. The minimum Gasteiger partial charge on any atom is -0.462 e. The summed E-state index contributed by atoms with van der Waals surface area (Å²) in [4.78, 5) is 25.2. The summed E-state index contributed by atoms with van der Waals surface area (Å²) in [5.41, 5.74) is 1.13.